The van der Waals surface area contributed by atoms with E-state index in [0.29, 0.717) is 17.2 Å². The average Bonchev–Trinajstić information content (AvgIpc) is 2.16. The fraction of sp³-hybridized carbons (Fsp3) is 0.300. The summed E-state index contributed by atoms with van der Waals surface area (Å²) in [6.07, 6.45) is 0.480. The summed E-state index contributed by atoms with van der Waals surface area (Å²) in [4.78, 5) is 11.0. The maximum atomic E-state index is 11.0. The number of hydrogen-bond acceptors (Lipinski definition) is 2. The Hall–Kier alpha value is -0.540. The molecule has 2 nitrogen and oxygen atoms in total. The van der Waals surface area contributed by atoms with Gasteiger partial charge in [0.15, 0.2) is 5.78 Å². The molecule has 0 N–H and O–H groups in total. The third-order valence-corrected chi connectivity index (χ3v) is 2.47. The number of hydrogen-bond donors (Lipinski definition) is 0. The molecule has 1 aromatic rings. The lowest BCUT2D eigenvalue weighted by Gasteiger charge is -2.06. The number of carbonyl (C=O) groups is 1. The Labute approximate surface area is 96.3 Å². The topological polar surface area (TPSA) is 26.3 Å². The van der Waals surface area contributed by atoms with Crippen molar-refractivity contribution in [2.24, 2.45) is 0 Å². The summed E-state index contributed by atoms with van der Waals surface area (Å²) >= 11 is 9.17. The lowest BCUT2D eigenvalue weighted by molar-refractivity contribution is -0.120. The molecule has 0 aliphatic rings. The van der Waals surface area contributed by atoms with Crippen LogP contribution in [0.5, 0.6) is 5.75 Å². The van der Waals surface area contributed by atoms with Gasteiger partial charge in [-0.3, -0.25) is 4.79 Å². The van der Waals surface area contributed by atoms with Crippen molar-refractivity contribution in [2.75, 3.05) is 6.61 Å². The minimum atomic E-state index is 0.0592. The summed E-state index contributed by atoms with van der Waals surface area (Å²) in [5.41, 5.74) is 0. The maximum absolute atomic E-state index is 11.0. The maximum Gasteiger partial charge on any atom is 0.169 e. The van der Waals surface area contributed by atoms with Gasteiger partial charge in [0.25, 0.3) is 0 Å². The van der Waals surface area contributed by atoms with E-state index in [0.717, 1.165) is 4.47 Å². The third-order valence-electron chi connectivity index (χ3n) is 1.68. The van der Waals surface area contributed by atoms with Crippen LogP contribution in [-0.2, 0) is 4.79 Å². The van der Waals surface area contributed by atoms with Crippen molar-refractivity contribution in [1.29, 1.82) is 0 Å². The average molecular weight is 278 g/mol. The van der Waals surface area contributed by atoms with Gasteiger partial charge in [-0.15, -0.1) is 0 Å². The van der Waals surface area contributed by atoms with Gasteiger partial charge in [0.1, 0.15) is 12.4 Å². The summed E-state index contributed by atoms with van der Waals surface area (Å²) in [5.74, 6) is 0.598. The van der Waals surface area contributed by atoms with Gasteiger partial charge < -0.3 is 4.74 Å². The van der Waals surface area contributed by atoms with Crippen LogP contribution in [0.1, 0.15) is 13.3 Å². The zero-order chi connectivity index (χ0) is 10.6. The lowest BCUT2D eigenvalue weighted by Crippen LogP contribution is -2.09. The fourth-order valence-electron chi connectivity index (χ4n) is 0.853. The molecular weight excluding hydrogens is 267 g/mol. The molecule has 0 fully saturated rings. The Morgan fingerprint density at radius 3 is 2.86 bits per heavy atom. The van der Waals surface area contributed by atoms with Gasteiger partial charge in [-0.25, -0.2) is 0 Å². The van der Waals surface area contributed by atoms with Gasteiger partial charge in [0.2, 0.25) is 0 Å². The van der Waals surface area contributed by atoms with Crippen LogP contribution < -0.4 is 4.74 Å². The van der Waals surface area contributed by atoms with E-state index >= 15 is 0 Å². The molecule has 0 bridgehead atoms. The second-order valence-electron chi connectivity index (χ2n) is 2.76. The summed E-state index contributed by atoms with van der Waals surface area (Å²) in [5, 5.41) is 0.503. The van der Waals surface area contributed by atoms with Crippen LogP contribution in [-0.4, -0.2) is 12.4 Å². The van der Waals surface area contributed by atoms with Crippen LogP contribution in [0.25, 0.3) is 0 Å². The number of benzene rings is 1. The molecule has 0 saturated carbocycles. The highest BCUT2D eigenvalue weighted by Gasteiger charge is 2.04. The van der Waals surface area contributed by atoms with E-state index < -0.39 is 0 Å². The number of carbonyl (C=O) groups excluding carboxylic acids is 1. The molecule has 0 unspecified atom stereocenters. The Balaban J connectivity index is 2.63. The largest absolute Gasteiger partial charge is 0.484 e. The summed E-state index contributed by atoms with van der Waals surface area (Å²) in [6.45, 7) is 1.88. The first-order valence-corrected chi connectivity index (χ1v) is 5.40. The van der Waals surface area contributed by atoms with Gasteiger partial charge in [0, 0.05) is 10.9 Å². The van der Waals surface area contributed by atoms with E-state index in [4.69, 9.17) is 16.3 Å². The highest BCUT2D eigenvalue weighted by molar-refractivity contribution is 9.10. The van der Waals surface area contributed by atoms with Crippen molar-refractivity contribution in [2.45, 2.75) is 13.3 Å². The highest BCUT2D eigenvalue weighted by Crippen LogP contribution is 2.27. The smallest absolute Gasteiger partial charge is 0.169 e. The highest BCUT2D eigenvalue weighted by atomic mass is 79.9. The van der Waals surface area contributed by atoms with Crippen LogP contribution >= 0.6 is 27.5 Å². The van der Waals surface area contributed by atoms with Crippen LogP contribution in [0.2, 0.25) is 5.02 Å². The summed E-state index contributed by atoms with van der Waals surface area (Å²) in [6, 6.07) is 5.28. The molecule has 1 rings (SSSR count). The molecular formula is C10H10BrClO2. The fourth-order valence-corrected chi connectivity index (χ4v) is 1.58. The van der Waals surface area contributed by atoms with E-state index in [-0.39, 0.29) is 12.4 Å². The quantitative estimate of drug-likeness (QED) is 0.842. The van der Waals surface area contributed by atoms with Gasteiger partial charge in [-0.05, 0) is 18.2 Å². The molecule has 4 heteroatoms. The van der Waals surface area contributed by atoms with E-state index in [1.807, 2.05) is 6.07 Å². The van der Waals surface area contributed by atoms with E-state index in [1.165, 1.54) is 0 Å². The summed E-state index contributed by atoms with van der Waals surface area (Å²) < 4.78 is 6.13. The number of ketones is 1. The van der Waals surface area contributed by atoms with Gasteiger partial charge in [0.05, 0.1) is 5.02 Å². The predicted molar refractivity (Wildman–Crippen MR) is 59.9 cm³/mol. The molecule has 0 aliphatic carbocycles. The SMILES string of the molecule is CCC(=O)COc1ccc(Br)cc1Cl. The molecule has 76 valence electrons. The first-order valence-electron chi connectivity index (χ1n) is 4.23. The Bertz CT molecular complexity index is 339. The van der Waals surface area contributed by atoms with Crippen molar-refractivity contribution < 1.29 is 9.53 Å². The standard InChI is InChI=1S/C10H10BrClO2/c1-2-8(13)6-14-10-4-3-7(11)5-9(10)12/h3-5H,2,6H2,1H3. The van der Waals surface area contributed by atoms with Crippen LogP contribution in [0.3, 0.4) is 0 Å². The molecule has 1 aromatic carbocycles. The Kier molecular flexibility index (Phi) is 4.42. The third kappa shape index (κ3) is 3.31. The van der Waals surface area contributed by atoms with Crippen molar-refractivity contribution in [1.82, 2.24) is 0 Å². The predicted octanol–water partition coefficient (Wildman–Crippen LogP) is 3.46. The number of halogens is 2. The zero-order valence-corrected chi connectivity index (χ0v) is 10.1. The van der Waals surface area contributed by atoms with Crippen molar-refractivity contribution in [3.05, 3.63) is 27.7 Å². The minimum Gasteiger partial charge on any atom is -0.484 e. The molecule has 0 spiro atoms. The first kappa shape index (κ1) is 11.5. The lowest BCUT2D eigenvalue weighted by atomic mass is 10.3. The van der Waals surface area contributed by atoms with Crippen LogP contribution in [0.4, 0.5) is 0 Å². The molecule has 0 aliphatic heterocycles. The Morgan fingerprint density at radius 2 is 2.29 bits per heavy atom. The van der Waals surface area contributed by atoms with Gasteiger partial charge in [-0.2, -0.15) is 0 Å². The van der Waals surface area contributed by atoms with Gasteiger partial charge >= 0.3 is 0 Å². The molecule has 0 atom stereocenters. The van der Waals surface area contributed by atoms with Crippen LogP contribution in [0.15, 0.2) is 22.7 Å². The first-order chi connectivity index (χ1) is 6.63. The van der Waals surface area contributed by atoms with E-state index in [1.54, 1.807) is 19.1 Å². The number of Topliss-reactive ketones (excluding diaryl/α,β-unsaturated/α-hetero) is 1. The van der Waals surface area contributed by atoms with Crippen LogP contribution in [0, 0.1) is 0 Å². The second kappa shape index (κ2) is 5.37. The Morgan fingerprint density at radius 1 is 1.57 bits per heavy atom. The summed E-state index contributed by atoms with van der Waals surface area (Å²) in [7, 11) is 0. The van der Waals surface area contributed by atoms with Crippen molar-refractivity contribution >= 4 is 33.3 Å². The molecule has 0 amide bonds. The molecule has 0 radical (unpaired) electrons. The molecule has 0 heterocycles. The van der Waals surface area contributed by atoms with E-state index in [9.17, 15) is 4.79 Å². The normalized spacial score (nSPS) is 9.93. The van der Waals surface area contributed by atoms with E-state index in [2.05, 4.69) is 15.9 Å². The second-order valence-corrected chi connectivity index (χ2v) is 4.08. The van der Waals surface area contributed by atoms with Crippen molar-refractivity contribution in [3.8, 4) is 5.75 Å². The monoisotopic (exact) mass is 276 g/mol. The molecule has 14 heavy (non-hydrogen) atoms. The number of rotatable bonds is 4. The van der Waals surface area contributed by atoms with Gasteiger partial charge in [-0.1, -0.05) is 34.5 Å². The molecule has 0 saturated heterocycles. The molecule has 0 aromatic heterocycles. The number of ether oxygens (including phenoxy) is 1. The van der Waals surface area contributed by atoms with Crippen molar-refractivity contribution in [3.63, 3.8) is 0 Å². The minimum absolute atomic E-state index is 0.0592. The zero-order valence-electron chi connectivity index (χ0n) is 7.72.